The van der Waals surface area contributed by atoms with Crippen LogP contribution >= 0.6 is 7.82 Å². The smallest absolute Gasteiger partial charge is 0.303 e. The Morgan fingerprint density at radius 3 is 1.66 bits per heavy atom. The van der Waals surface area contributed by atoms with E-state index < -0.39 is 7.82 Å². The zero-order valence-corrected chi connectivity index (χ0v) is 22.3. The number of hydrogen-bond donors (Lipinski definition) is 1. The molecule has 0 aromatic carbocycles. The number of hydrogen-bond acceptors (Lipinski definition) is 4. The van der Waals surface area contributed by atoms with Gasteiger partial charge in [0.05, 0.1) is 12.7 Å². The second-order valence-corrected chi connectivity index (χ2v) is 11.2. The van der Waals surface area contributed by atoms with E-state index in [2.05, 4.69) is 18.7 Å². The van der Waals surface area contributed by atoms with Gasteiger partial charge < -0.3 is 9.79 Å². The molecular weight excluding hydrogens is 421 g/mol. The van der Waals surface area contributed by atoms with Crippen molar-refractivity contribution in [2.75, 3.05) is 26.2 Å². The number of piperidine rings is 1. The Morgan fingerprint density at radius 1 is 0.719 bits per heavy atom. The summed E-state index contributed by atoms with van der Waals surface area (Å²) >= 11 is 0. The van der Waals surface area contributed by atoms with Gasteiger partial charge in [-0.05, 0) is 32.2 Å². The third-order valence-corrected chi connectivity index (χ3v) is 7.72. The van der Waals surface area contributed by atoms with Crippen LogP contribution in [0.3, 0.4) is 0 Å². The molecule has 1 saturated heterocycles. The molecule has 1 fully saturated rings. The molecule has 5 nitrogen and oxygen atoms in total. The lowest BCUT2D eigenvalue weighted by atomic mass is 10.0. The van der Waals surface area contributed by atoms with E-state index in [-0.39, 0.29) is 6.10 Å². The van der Waals surface area contributed by atoms with Crippen molar-refractivity contribution in [2.24, 2.45) is 0 Å². The summed E-state index contributed by atoms with van der Waals surface area (Å²) in [5, 5.41) is 0. The maximum atomic E-state index is 12.2. The van der Waals surface area contributed by atoms with E-state index in [4.69, 9.17) is 9.05 Å². The van der Waals surface area contributed by atoms with Crippen molar-refractivity contribution in [3.05, 3.63) is 0 Å². The first-order valence-electron chi connectivity index (χ1n) is 14.0. The Kier molecular flexibility index (Phi) is 19.2. The van der Waals surface area contributed by atoms with Crippen LogP contribution in [0.1, 0.15) is 136 Å². The first-order chi connectivity index (χ1) is 15.6. The van der Waals surface area contributed by atoms with Gasteiger partial charge >= 0.3 is 7.82 Å². The van der Waals surface area contributed by atoms with Gasteiger partial charge in [-0.15, -0.1) is 0 Å². The highest BCUT2D eigenvalue weighted by Crippen LogP contribution is 2.46. The molecule has 0 amide bonds. The van der Waals surface area contributed by atoms with Crippen molar-refractivity contribution >= 4 is 7.82 Å². The molecule has 1 atom stereocenters. The van der Waals surface area contributed by atoms with E-state index in [1.807, 2.05) is 0 Å². The average molecular weight is 476 g/mol. The van der Waals surface area contributed by atoms with E-state index in [0.29, 0.717) is 6.61 Å². The Morgan fingerprint density at radius 2 is 1.16 bits per heavy atom. The molecule has 1 aliphatic rings. The lowest BCUT2D eigenvalue weighted by Gasteiger charge is -2.32. The fraction of sp³-hybridized carbons (Fsp3) is 1.00. The quantitative estimate of drug-likeness (QED) is 0.126. The van der Waals surface area contributed by atoms with Crippen molar-refractivity contribution < 1.29 is 18.5 Å². The molecule has 0 radical (unpaired) electrons. The van der Waals surface area contributed by atoms with Gasteiger partial charge in [0.15, 0.2) is 0 Å². The van der Waals surface area contributed by atoms with Crippen molar-refractivity contribution in [3.63, 3.8) is 0 Å². The molecule has 1 heterocycles. The highest BCUT2D eigenvalue weighted by molar-refractivity contribution is 7.47. The van der Waals surface area contributed by atoms with Gasteiger partial charge in [-0.25, -0.2) is 4.57 Å². The summed E-state index contributed by atoms with van der Waals surface area (Å²) in [5.41, 5.74) is 0. The molecule has 1 aliphatic heterocycles. The molecule has 6 heteroatoms. The topological polar surface area (TPSA) is 59.0 Å². The van der Waals surface area contributed by atoms with Crippen LogP contribution in [0.5, 0.6) is 0 Å². The summed E-state index contributed by atoms with van der Waals surface area (Å²) in [6.07, 6.45) is 23.4. The Hall–Kier alpha value is 0.0700. The first kappa shape index (κ1) is 30.1. The summed E-state index contributed by atoms with van der Waals surface area (Å²) in [7, 11) is -3.91. The van der Waals surface area contributed by atoms with Crippen LogP contribution < -0.4 is 0 Å². The minimum atomic E-state index is -3.91. The van der Waals surface area contributed by atoms with Gasteiger partial charge in [0.1, 0.15) is 0 Å². The molecule has 0 bridgehead atoms. The number of likely N-dealkylation sites (tertiary alicyclic amines) is 1. The molecule has 1 rings (SSSR count). The normalized spacial score (nSPS) is 17.6. The highest BCUT2D eigenvalue weighted by atomic mass is 31.2. The molecular formula is C26H54NO4P. The van der Waals surface area contributed by atoms with Crippen LogP contribution in [0, 0.1) is 0 Å². The number of phosphoric ester groups is 1. The Labute approximate surface area is 199 Å². The van der Waals surface area contributed by atoms with Gasteiger partial charge in [0.2, 0.25) is 0 Å². The number of rotatable bonds is 22. The van der Waals surface area contributed by atoms with Gasteiger partial charge in [-0.3, -0.25) is 9.05 Å². The Bertz CT molecular complexity index is 455. The summed E-state index contributed by atoms with van der Waals surface area (Å²) in [6, 6.07) is 0. The molecule has 32 heavy (non-hydrogen) atoms. The molecule has 0 aromatic rings. The Balaban J connectivity index is 1.89. The number of phosphoric acid groups is 1. The second kappa shape index (κ2) is 20.4. The zero-order chi connectivity index (χ0) is 23.3. The fourth-order valence-electron chi connectivity index (χ4n) is 4.52. The molecule has 0 aromatic heterocycles. The summed E-state index contributed by atoms with van der Waals surface area (Å²) in [4.78, 5) is 12.4. The van der Waals surface area contributed by atoms with Crippen LogP contribution in [0.15, 0.2) is 0 Å². The van der Waals surface area contributed by atoms with E-state index >= 15 is 0 Å². The molecule has 0 saturated carbocycles. The highest BCUT2D eigenvalue weighted by Gasteiger charge is 2.29. The standard InChI is InChI=1S/C26H54NO4P/c1-3-5-7-8-9-10-11-12-13-14-15-16-17-19-25-30-32(28,29)31-26-20-23-27(24-21-26)22-18-6-4-2/h26H,3-25H2,1-2H3,(H,28,29). The van der Waals surface area contributed by atoms with Crippen molar-refractivity contribution in [1.82, 2.24) is 4.90 Å². The SMILES string of the molecule is CCCCCCCCCCCCCCCCOP(=O)(O)OC1CCN(CCCCC)CC1. The first-order valence-corrected chi connectivity index (χ1v) is 15.4. The number of nitrogens with zero attached hydrogens (tertiary/aromatic N) is 1. The predicted octanol–water partition coefficient (Wildman–Crippen LogP) is 8.26. The maximum Gasteiger partial charge on any atom is 0.472 e. The average Bonchev–Trinajstić information content (AvgIpc) is 2.77. The zero-order valence-electron chi connectivity index (χ0n) is 21.4. The second-order valence-electron chi connectivity index (χ2n) is 9.75. The van der Waals surface area contributed by atoms with Crippen LogP contribution in [0.25, 0.3) is 0 Å². The third kappa shape index (κ3) is 17.5. The van der Waals surface area contributed by atoms with Gasteiger partial charge in [0, 0.05) is 13.1 Å². The minimum absolute atomic E-state index is 0.149. The van der Waals surface area contributed by atoms with Crippen molar-refractivity contribution in [1.29, 1.82) is 0 Å². The van der Waals surface area contributed by atoms with E-state index in [9.17, 15) is 9.46 Å². The van der Waals surface area contributed by atoms with Gasteiger partial charge in [-0.1, -0.05) is 110 Å². The van der Waals surface area contributed by atoms with Gasteiger partial charge in [-0.2, -0.15) is 0 Å². The summed E-state index contributed by atoms with van der Waals surface area (Å²) in [6.45, 7) is 7.85. The predicted molar refractivity (Wildman–Crippen MR) is 136 cm³/mol. The molecule has 0 spiro atoms. The lowest BCUT2D eigenvalue weighted by molar-refractivity contribution is 0.0569. The minimum Gasteiger partial charge on any atom is -0.303 e. The van der Waals surface area contributed by atoms with Gasteiger partial charge in [0.25, 0.3) is 0 Å². The maximum absolute atomic E-state index is 12.2. The van der Waals surface area contributed by atoms with Crippen LogP contribution in [-0.2, 0) is 13.6 Å². The molecule has 1 unspecified atom stereocenters. The van der Waals surface area contributed by atoms with Crippen LogP contribution in [0.2, 0.25) is 0 Å². The van der Waals surface area contributed by atoms with Crippen molar-refractivity contribution in [2.45, 2.75) is 142 Å². The largest absolute Gasteiger partial charge is 0.472 e. The van der Waals surface area contributed by atoms with E-state index in [0.717, 1.165) is 45.3 Å². The van der Waals surface area contributed by atoms with Crippen LogP contribution in [0.4, 0.5) is 0 Å². The molecule has 192 valence electrons. The summed E-state index contributed by atoms with van der Waals surface area (Å²) in [5.74, 6) is 0. The monoisotopic (exact) mass is 475 g/mol. The molecule has 0 aliphatic carbocycles. The molecule has 1 N–H and O–H groups in total. The summed E-state index contributed by atoms with van der Waals surface area (Å²) < 4.78 is 22.9. The van der Waals surface area contributed by atoms with Crippen LogP contribution in [-0.4, -0.2) is 42.1 Å². The van der Waals surface area contributed by atoms with Crippen molar-refractivity contribution in [3.8, 4) is 0 Å². The number of unbranched alkanes of at least 4 members (excludes halogenated alkanes) is 15. The van der Waals surface area contributed by atoms with E-state index in [1.54, 1.807) is 0 Å². The fourth-order valence-corrected chi connectivity index (χ4v) is 5.53. The third-order valence-electron chi connectivity index (χ3n) is 6.65. The lowest BCUT2D eigenvalue weighted by Crippen LogP contribution is -2.37. The van der Waals surface area contributed by atoms with E-state index in [1.165, 1.54) is 96.3 Å².